The minimum absolute atomic E-state index is 0.275. The Bertz CT molecular complexity index is 231. The number of halogens is 1. The van der Waals surface area contributed by atoms with Crippen LogP contribution in [-0.4, -0.2) is 16.8 Å². The summed E-state index contributed by atoms with van der Waals surface area (Å²) in [7, 11) is 0. The van der Waals surface area contributed by atoms with E-state index in [9.17, 15) is 0 Å². The van der Waals surface area contributed by atoms with Crippen LogP contribution >= 0.6 is 23.0 Å². The van der Waals surface area contributed by atoms with Crippen LogP contribution < -0.4 is 0 Å². The van der Waals surface area contributed by atoms with Gasteiger partial charge in [-0.25, -0.2) is 0 Å². The molecule has 1 aromatic heterocycles. The van der Waals surface area contributed by atoms with Crippen LogP contribution in [0.2, 0.25) is 0 Å². The standard InChI is InChI=1S/C7H9IN2O/c8-11-5-7(2-3-7)6-1-4-9-10-6/h1,4H,2-3,5H2,(H,9,10). The van der Waals surface area contributed by atoms with Gasteiger partial charge >= 0.3 is 0 Å². The molecule has 0 atom stereocenters. The van der Waals surface area contributed by atoms with Gasteiger partial charge in [-0.1, -0.05) is 0 Å². The molecule has 0 spiro atoms. The summed E-state index contributed by atoms with van der Waals surface area (Å²) in [5.41, 5.74) is 1.49. The van der Waals surface area contributed by atoms with E-state index >= 15 is 0 Å². The van der Waals surface area contributed by atoms with Crippen molar-refractivity contribution >= 4 is 23.0 Å². The van der Waals surface area contributed by atoms with Crippen molar-refractivity contribution in [2.75, 3.05) is 6.61 Å². The highest BCUT2D eigenvalue weighted by Gasteiger charge is 2.45. The Morgan fingerprint density at radius 3 is 3.00 bits per heavy atom. The third-order valence-corrected chi connectivity index (χ3v) is 2.57. The Labute approximate surface area is 79.2 Å². The average Bonchev–Trinajstić information content (AvgIpc) is 2.63. The number of rotatable bonds is 3. The number of nitrogens with one attached hydrogen (secondary N) is 1. The van der Waals surface area contributed by atoms with Crippen LogP contribution in [0.25, 0.3) is 0 Å². The summed E-state index contributed by atoms with van der Waals surface area (Å²) in [6.07, 6.45) is 4.24. The van der Waals surface area contributed by atoms with E-state index in [1.54, 1.807) is 6.20 Å². The largest absolute Gasteiger partial charge is 0.315 e. The molecule has 0 radical (unpaired) electrons. The summed E-state index contributed by atoms with van der Waals surface area (Å²) in [6.45, 7) is 0.801. The lowest BCUT2D eigenvalue weighted by molar-refractivity contribution is 0.362. The Morgan fingerprint density at radius 2 is 2.55 bits per heavy atom. The molecular formula is C7H9IN2O. The zero-order chi connectivity index (χ0) is 7.73. The molecule has 0 amide bonds. The maximum absolute atomic E-state index is 5.12. The molecule has 1 saturated carbocycles. The summed E-state index contributed by atoms with van der Waals surface area (Å²) in [5, 5.41) is 6.92. The van der Waals surface area contributed by atoms with Gasteiger partial charge in [-0.05, 0) is 18.9 Å². The Balaban J connectivity index is 2.15. The Morgan fingerprint density at radius 1 is 1.73 bits per heavy atom. The van der Waals surface area contributed by atoms with Gasteiger partial charge in [-0.2, -0.15) is 5.10 Å². The van der Waals surface area contributed by atoms with Gasteiger partial charge < -0.3 is 3.07 Å². The van der Waals surface area contributed by atoms with E-state index in [0.29, 0.717) is 0 Å². The quantitative estimate of drug-likeness (QED) is 0.845. The van der Waals surface area contributed by atoms with Crippen molar-refractivity contribution in [1.29, 1.82) is 0 Å². The molecule has 1 aromatic rings. The molecule has 4 heteroatoms. The van der Waals surface area contributed by atoms with Gasteiger partial charge in [0.15, 0.2) is 0 Å². The average molecular weight is 264 g/mol. The van der Waals surface area contributed by atoms with Crippen LogP contribution in [0.5, 0.6) is 0 Å². The molecule has 1 aliphatic carbocycles. The molecule has 60 valence electrons. The van der Waals surface area contributed by atoms with E-state index in [-0.39, 0.29) is 5.41 Å². The lowest BCUT2D eigenvalue weighted by atomic mass is 10.1. The fourth-order valence-electron chi connectivity index (χ4n) is 1.30. The number of hydrogen-bond acceptors (Lipinski definition) is 2. The maximum Gasteiger partial charge on any atom is 0.109 e. The lowest BCUT2D eigenvalue weighted by Gasteiger charge is -2.08. The van der Waals surface area contributed by atoms with E-state index < -0.39 is 0 Å². The topological polar surface area (TPSA) is 37.9 Å². The smallest absolute Gasteiger partial charge is 0.109 e. The van der Waals surface area contributed by atoms with Crippen LogP contribution in [0, 0.1) is 0 Å². The maximum atomic E-state index is 5.12. The molecule has 0 saturated heterocycles. The van der Waals surface area contributed by atoms with Crippen molar-refractivity contribution in [2.45, 2.75) is 18.3 Å². The molecule has 0 unspecified atom stereocenters. The molecule has 1 aliphatic rings. The van der Waals surface area contributed by atoms with Crippen molar-refractivity contribution in [2.24, 2.45) is 0 Å². The molecule has 11 heavy (non-hydrogen) atoms. The first-order valence-electron chi connectivity index (χ1n) is 3.61. The van der Waals surface area contributed by atoms with Gasteiger partial charge in [0, 0.05) is 17.3 Å². The zero-order valence-corrected chi connectivity index (χ0v) is 8.17. The number of H-pyrrole nitrogens is 1. The second kappa shape index (κ2) is 2.75. The Hall–Kier alpha value is -0.100. The highest BCUT2D eigenvalue weighted by Crippen LogP contribution is 2.47. The second-order valence-electron chi connectivity index (χ2n) is 3.00. The van der Waals surface area contributed by atoms with Gasteiger partial charge in [-0.3, -0.25) is 5.10 Å². The molecule has 0 aromatic carbocycles. The number of aromatic amines is 1. The van der Waals surface area contributed by atoms with Crippen molar-refractivity contribution in [3.63, 3.8) is 0 Å². The van der Waals surface area contributed by atoms with Gasteiger partial charge in [0.05, 0.1) is 6.61 Å². The molecule has 2 rings (SSSR count). The Kier molecular flexibility index (Phi) is 1.88. The number of hydrogen-bond donors (Lipinski definition) is 1. The van der Waals surface area contributed by atoms with Crippen molar-refractivity contribution in [1.82, 2.24) is 10.2 Å². The summed E-state index contributed by atoms with van der Waals surface area (Å²) >= 11 is 1.94. The predicted octanol–water partition coefficient (Wildman–Crippen LogP) is 1.81. The number of aromatic nitrogens is 2. The first kappa shape index (κ1) is 7.54. The van der Waals surface area contributed by atoms with E-state index in [0.717, 1.165) is 6.61 Å². The minimum Gasteiger partial charge on any atom is -0.315 e. The van der Waals surface area contributed by atoms with Crippen LogP contribution in [0.1, 0.15) is 18.5 Å². The van der Waals surface area contributed by atoms with E-state index in [1.807, 2.05) is 29.1 Å². The summed E-state index contributed by atoms with van der Waals surface area (Å²) in [5.74, 6) is 0. The summed E-state index contributed by atoms with van der Waals surface area (Å²) in [4.78, 5) is 0. The second-order valence-corrected chi connectivity index (χ2v) is 3.63. The SMILES string of the molecule is IOCC1(c2ccn[nH]2)CC1. The first-order valence-corrected chi connectivity index (χ1v) is 4.49. The van der Waals surface area contributed by atoms with E-state index in [2.05, 4.69) is 10.2 Å². The lowest BCUT2D eigenvalue weighted by Crippen LogP contribution is -2.12. The van der Waals surface area contributed by atoms with Gasteiger partial charge in [-0.15, -0.1) is 0 Å². The molecule has 0 aliphatic heterocycles. The molecule has 1 heterocycles. The third kappa shape index (κ3) is 1.29. The first-order chi connectivity index (χ1) is 5.37. The van der Waals surface area contributed by atoms with Gasteiger partial charge in [0.2, 0.25) is 0 Å². The van der Waals surface area contributed by atoms with Gasteiger partial charge in [0.1, 0.15) is 23.0 Å². The third-order valence-electron chi connectivity index (χ3n) is 2.26. The fraction of sp³-hybridized carbons (Fsp3) is 0.571. The zero-order valence-electron chi connectivity index (χ0n) is 6.01. The molecule has 1 fully saturated rings. The highest BCUT2D eigenvalue weighted by atomic mass is 127. The molecule has 1 N–H and O–H groups in total. The van der Waals surface area contributed by atoms with Gasteiger partial charge in [0.25, 0.3) is 0 Å². The van der Waals surface area contributed by atoms with E-state index in [4.69, 9.17) is 3.07 Å². The summed E-state index contributed by atoms with van der Waals surface area (Å²) < 4.78 is 5.12. The van der Waals surface area contributed by atoms with Crippen molar-refractivity contribution in [3.8, 4) is 0 Å². The van der Waals surface area contributed by atoms with Crippen LogP contribution in [0.15, 0.2) is 12.3 Å². The van der Waals surface area contributed by atoms with E-state index in [1.165, 1.54) is 18.5 Å². The molecular weight excluding hydrogens is 255 g/mol. The van der Waals surface area contributed by atoms with Crippen LogP contribution in [0.3, 0.4) is 0 Å². The van der Waals surface area contributed by atoms with Crippen LogP contribution in [0.4, 0.5) is 0 Å². The normalized spacial score (nSPS) is 20.1. The molecule has 3 nitrogen and oxygen atoms in total. The minimum atomic E-state index is 0.275. The van der Waals surface area contributed by atoms with Crippen molar-refractivity contribution in [3.05, 3.63) is 18.0 Å². The predicted molar refractivity (Wildman–Crippen MR) is 49.5 cm³/mol. The van der Waals surface area contributed by atoms with Crippen LogP contribution in [-0.2, 0) is 8.48 Å². The highest BCUT2D eigenvalue weighted by molar-refractivity contribution is 14.1. The molecule has 0 bridgehead atoms. The monoisotopic (exact) mass is 264 g/mol. The fourth-order valence-corrected chi connectivity index (χ4v) is 1.89. The number of nitrogens with zero attached hydrogens (tertiary/aromatic N) is 1. The van der Waals surface area contributed by atoms with Crippen molar-refractivity contribution < 1.29 is 3.07 Å². The summed E-state index contributed by atoms with van der Waals surface area (Å²) in [6, 6.07) is 2.03.